The summed E-state index contributed by atoms with van der Waals surface area (Å²) in [6, 6.07) is 5.58. The Hall–Kier alpha value is -1.23. The SMILES string of the molecule is C=C[C@H]1CO[C@H](C2CCC(c3ccc(COC)c(F)c3)CC2)OC1. The number of methoxy groups -OCH3 is 1. The van der Waals surface area contributed by atoms with Crippen molar-refractivity contribution in [1.82, 2.24) is 0 Å². The number of hydrogen-bond donors (Lipinski definition) is 0. The molecule has 0 bridgehead atoms. The van der Waals surface area contributed by atoms with Crippen molar-refractivity contribution in [3.05, 3.63) is 47.8 Å². The minimum atomic E-state index is -0.161. The molecule has 0 radical (unpaired) electrons. The number of benzene rings is 1. The van der Waals surface area contributed by atoms with E-state index in [-0.39, 0.29) is 12.1 Å². The molecular formula is C20H27FO3. The molecule has 4 heteroatoms. The van der Waals surface area contributed by atoms with E-state index in [2.05, 4.69) is 6.58 Å². The highest BCUT2D eigenvalue weighted by Crippen LogP contribution is 2.39. The fourth-order valence-electron chi connectivity index (χ4n) is 3.76. The Kier molecular flexibility index (Phi) is 6.04. The average Bonchev–Trinajstić information content (AvgIpc) is 2.64. The molecule has 132 valence electrons. The van der Waals surface area contributed by atoms with E-state index in [0.717, 1.165) is 31.2 Å². The van der Waals surface area contributed by atoms with Crippen molar-refractivity contribution in [3.63, 3.8) is 0 Å². The molecule has 1 aromatic carbocycles. The van der Waals surface area contributed by atoms with Crippen LogP contribution in [0.1, 0.15) is 42.7 Å². The smallest absolute Gasteiger partial charge is 0.160 e. The molecule has 0 atom stereocenters. The molecule has 0 amide bonds. The van der Waals surface area contributed by atoms with Crippen molar-refractivity contribution in [1.29, 1.82) is 0 Å². The van der Waals surface area contributed by atoms with Crippen LogP contribution in [0.4, 0.5) is 4.39 Å². The van der Waals surface area contributed by atoms with Crippen LogP contribution in [0.25, 0.3) is 0 Å². The Morgan fingerprint density at radius 2 is 1.92 bits per heavy atom. The third-order valence-electron chi connectivity index (χ3n) is 5.29. The molecule has 2 fully saturated rings. The van der Waals surface area contributed by atoms with Crippen LogP contribution in [-0.4, -0.2) is 26.6 Å². The van der Waals surface area contributed by atoms with Gasteiger partial charge in [-0.15, -0.1) is 6.58 Å². The Balaban J connectivity index is 1.53. The molecule has 1 saturated heterocycles. The van der Waals surface area contributed by atoms with Gasteiger partial charge in [0.15, 0.2) is 6.29 Å². The van der Waals surface area contributed by atoms with Gasteiger partial charge in [0.25, 0.3) is 0 Å². The molecule has 1 aromatic rings. The Morgan fingerprint density at radius 3 is 2.50 bits per heavy atom. The van der Waals surface area contributed by atoms with Gasteiger partial charge in [-0.05, 0) is 43.2 Å². The lowest BCUT2D eigenvalue weighted by molar-refractivity contribution is -0.222. The molecule has 1 heterocycles. The first-order valence-corrected chi connectivity index (χ1v) is 8.84. The largest absolute Gasteiger partial charge is 0.380 e. The van der Waals surface area contributed by atoms with Crippen LogP contribution < -0.4 is 0 Å². The van der Waals surface area contributed by atoms with Crippen molar-refractivity contribution in [3.8, 4) is 0 Å². The molecule has 1 saturated carbocycles. The van der Waals surface area contributed by atoms with Gasteiger partial charge in [-0.2, -0.15) is 0 Å². The van der Waals surface area contributed by atoms with Crippen molar-refractivity contribution >= 4 is 0 Å². The maximum atomic E-state index is 14.1. The fraction of sp³-hybridized carbons (Fsp3) is 0.600. The molecule has 1 aliphatic heterocycles. The normalized spacial score (nSPS) is 30.9. The second-order valence-corrected chi connectivity index (χ2v) is 6.93. The van der Waals surface area contributed by atoms with Gasteiger partial charge in [0.05, 0.1) is 19.8 Å². The Bertz CT molecular complexity index is 544. The van der Waals surface area contributed by atoms with Crippen molar-refractivity contribution in [2.75, 3.05) is 20.3 Å². The Labute approximate surface area is 143 Å². The van der Waals surface area contributed by atoms with Crippen LogP contribution >= 0.6 is 0 Å². The molecule has 0 spiro atoms. The van der Waals surface area contributed by atoms with Crippen molar-refractivity contribution < 1.29 is 18.6 Å². The lowest BCUT2D eigenvalue weighted by atomic mass is 9.78. The van der Waals surface area contributed by atoms with Gasteiger partial charge in [0.2, 0.25) is 0 Å². The van der Waals surface area contributed by atoms with Gasteiger partial charge < -0.3 is 14.2 Å². The third-order valence-corrected chi connectivity index (χ3v) is 5.29. The lowest BCUT2D eigenvalue weighted by Crippen LogP contribution is -2.37. The summed E-state index contributed by atoms with van der Waals surface area (Å²) in [5.41, 5.74) is 1.72. The van der Waals surface area contributed by atoms with Crippen LogP contribution in [0.5, 0.6) is 0 Å². The highest BCUT2D eigenvalue weighted by molar-refractivity contribution is 5.27. The molecule has 3 nitrogen and oxygen atoms in total. The van der Waals surface area contributed by atoms with E-state index in [1.165, 1.54) is 0 Å². The quantitative estimate of drug-likeness (QED) is 0.746. The van der Waals surface area contributed by atoms with Gasteiger partial charge >= 0.3 is 0 Å². The Morgan fingerprint density at radius 1 is 1.21 bits per heavy atom. The van der Waals surface area contributed by atoms with Gasteiger partial charge in [-0.25, -0.2) is 4.39 Å². The molecule has 0 unspecified atom stereocenters. The summed E-state index contributed by atoms with van der Waals surface area (Å²) in [6.45, 7) is 5.53. The zero-order chi connectivity index (χ0) is 16.9. The molecule has 3 rings (SSSR count). The van der Waals surface area contributed by atoms with Gasteiger partial charge in [0.1, 0.15) is 5.82 Å². The van der Waals surface area contributed by atoms with Gasteiger partial charge in [0, 0.05) is 24.5 Å². The highest BCUT2D eigenvalue weighted by atomic mass is 19.1. The van der Waals surface area contributed by atoms with Crippen LogP contribution in [0.15, 0.2) is 30.9 Å². The van der Waals surface area contributed by atoms with E-state index in [1.807, 2.05) is 18.2 Å². The maximum absolute atomic E-state index is 14.1. The number of hydrogen-bond acceptors (Lipinski definition) is 3. The summed E-state index contributed by atoms with van der Waals surface area (Å²) in [7, 11) is 1.58. The van der Waals surface area contributed by atoms with E-state index in [1.54, 1.807) is 13.2 Å². The predicted octanol–water partition coefficient (Wildman–Crippen LogP) is 4.42. The zero-order valence-electron chi connectivity index (χ0n) is 14.4. The standard InChI is InChI=1S/C20H27FO3/c1-3-14-11-23-20(24-12-14)16-6-4-15(5-7-16)17-8-9-18(13-22-2)19(21)10-17/h3,8-10,14-16,20H,1,4-7,11-13H2,2H3/t14-,15?,16?,20-. The molecule has 24 heavy (non-hydrogen) atoms. The fourth-order valence-corrected chi connectivity index (χ4v) is 3.76. The lowest BCUT2D eigenvalue weighted by Gasteiger charge is -2.37. The number of ether oxygens (including phenoxy) is 3. The van der Waals surface area contributed by atoms with E-state index in [0.29, 0.717) is 43.1 Å². The second kappa shape index (κ2) is 8.24. The molecule has 2 aliphatic rings. The average molecular weight is 334 g/mol. The summed E-state index contributed by atoms with van der Waals surface area (Å²) >= 11 is 0. The van der Waals surface area contributed by atoms with E-state index in [9.17, 15) is 4.39 Å². The first-order valence-electron chi connectivity index (χ1n) is 8.84. The topological polar surface area (TPSA) is 27.7 Å². The molecule has 0 aromatic heterocycles. The van der Waals surface area contributed by atoms with E-state index in [4.69, 9.17) is 14.2 Å². The van der Waals surface area contributed by atoms with E-state index >= 15 is 0 Å². The monoisotopic (exact) mass is 334 g/mol. The summed E-state index contributed by atoms with van der Waals surface area (Å²) in [6.07, 6.45) is 6.06. The van der Waals surface area contributed by atoms with E-state index < -0.39 is 0 Å². The third kappa shape index (κ3) is 4.05. The highest BCUT2D eigenvalue weighted by Gasteiger charge is 2.32. The van der Waals surface area contributed by atoms with Crippen LogP contribution in [-0.2, 0) is 20.8 Å². The minimum absolute atomic E-state index is 0.0806. The summed E-state index contributed by atoms with van der Waals surface area (Å²) < 4.78 is 30.8. The zero-order valence-corrected chi connectivity index (χ0v) is 14.4. The second-order valence-electron chi connectivity index (χ2n) is 6.93. The molecular weight excluding hydrogens is 307 g/mol. The van der Waals surface area contributed by atoms with Gasteiger partial charge in [-0.1, -0.05) is 18.2 Å². The molecule has 0 N–H and O–H groups in total. The first-order chi connectivity index (χ1) is 11.7. The minimum Gasteiger partial charge on any atom is -0.380 e. The summed E-state index contributed by atoms with van der Waals surface area (Å²) in [5.74, 6) is 1.03. The van der Waals surface area contributed by atoms with Crippen LogP contribution in [0, 0.1) is 17.7 Å². The van der Waals surface area contributed by atoms with Crippen LogP contribution in [0.2, 0.25) is 0 Å². The van der Waals surface area contributed by atoms with Crippen molar-refractivity contribution in [2.45, 2.75) is 44.5 Å². The van der Waals surface area contributed by atoms with Crippen molar-refractivity contribution in [2.24, 2.45) is 11.8 Å². The predicted molar refractivity (Wildman–Crippen MR) is 91.2 cm³/mol. The van der Waals surface area contributed by atoms with Crippen LogP contribution in [0.3, 0.4) is 0 Å². The number of halogens is 1. The number of rotatable bonds is 5. The summed E-state index contributed by atoms with van der Waals surface area (Å²) in [5, 5.41) is 0. The first kappa shape index (κ1) is 17.6. The van der Waals surface area contributed by atoms with Gasteiger partial charge in [-0.3, -0.25) is 0 Å². The summed E-state index contributed by atoms with van der Waals surface area (Å²) in [4.78, 5) is 0. The molecule has 1 aliphatic carbocycles. The maximum Gasteiger partial charge on any atom is 0.160 e.